The van der Waals surface area contributed by atoms with Gasteiger partial charge in [0.1, 0.15) is 0 Å². The Morgan fingerprint density at radius 3 is 0.814 bits per heavy atom. The van der Waals surface area contributed by atoms with Crippen LogP contribution in [0.1, 0.15) is 194 Å². The molecule has 43 heavy (non-hydrogen) atoms. The standard InChI is InChI=1S/2C18H37O2P.Cr/c2*1-2-3-4-5-6-7-8-9-10-11-12-13-14-15-16-17-18-21(19)20;/h2*9-10,21H,2-8,11-18H2,1H3,(H,19,20);/q;;+2/p-2. The molecule has 0 heterocycles. The van der Waals surface area contributed by atoms with Crippen LogP contribution < -0.4 is 9.79 Å². The predicted octanol–water partition coefficient (Wildman–Crippen LogP) is 11.7. The second-order valence-electron chi connectivity index (χ2n) is 12.1. The number of hydrogen-bond donors (Lipinski definition) is 0. The van der Waals surface area contributed by atoms with Gasteiger partial charge in [-0.15, -0.1) is 0 Å². The minimum Gasteiger partial charge on any atom is -0.802 e. The minimum atomic E-state index is -2.46. The fraction of sp³-hybridized carbons (Fsp3) is 0.889. The van der Waals surface area contributed by atoms with E-state index >= 15 is 0 Å². The third kappa shape index (κ3) is 52.2. The van der Waals surface area contributed by atoms with E-state index in [1.165, 1.54) is 154 Å². The molecule has 0 aromatic heterocycles. The zero-order valence-corrected chi connectivity index (χ0v) is 31.8. The van der Waals surface area contributed by atoms with Crippen LogP contribution in [0.2, 0.25) is 0 Å². The molecule has 0 aromatic carbocycles. The van der Waals surface area contributed by atoms with Crippen molar-refractivity contribution in [1.29, 1.82) is 0 Å². The van der Waals surface area contributed by atoms with Crippen molar-refractivity contribution < 1.29 is 36.3 Å². The van der Waals surface area contributed by atoms with Crippen molar-refractivity contribution in [3.05, 3.63) is 24.3 Å². The zero-order valence-electron chi connectivity index (χ0n) is 28.6. The van der Waals surface area contributed by atoms with Crippen LogP contribution in [0.3, 0.4) is 0 Å². The molecule has 0 bridgehead atoms. The number of allylic oxidation sites excluding steroid dienone is 4. The number of unbranched alkanes of at least 4 members (excludes halogenated alkanes) is 24. The van der Waals surface area contributed by atoms with Crippen LogP contribution in [0.4, 0.5) is 0 Å². The van der Waals surface area contributed by atoms with E-state index in [1.54, 1.807) is 0 Å². The normalized spacial score (nSPS) is 12.7. The predicted molar refractivity (Wildman–Crippen MR) is 187 cm³/mol. The van der Waals surface area contributed by atoms with Gasteiger partial charge in [0.15, 0.2) is 0 Å². The van der Waals surface area contributed by atoms with E-state index in [0.29, 0.717) is 12.3 Å². The van der Waals surface area contributed by atoms with Crippen LogP contribution in [-0.2, 0) is 26.5 Å². The van der Waals surface area contributed by atoms with Gasteiger partial charge in [-0.3, -0.25) is 0 Å². The van der Waals surface area contributed by atoms with Crippen LogP contribution in [0.25, 0.3) is 0 Å². The summed E-state index contributed by atoms with van der Waals surface area (Å²) in [6.07, 6.45) is 45.6. The van der Waals surface area contributed by atoms with Gasteiger partial charge in [0.05, 0.1) is 0 Å². The molecule has 7 heteroatoms. The molecule has 2 unspecified atom stereocenters. The molecule has 0 spiro atoms. The molecule has 0 aliphatic heterocycles. The van der Waals surface area contributed by atoms with E-state index < -0.39 is 16.1 Å². The summed E-state index contributed by atoms with van der Waals surface area (Å²) in [6.45, 7) is 4.52. The Balaban J connectivity index is -0.000000727. The summed E-state index contributed by atoms with van der Waals surface area (Å²) in [6, 6.07) is 0. The largest absolute Gasteiger partial charge is 2.00 e. The Bertz CT molecular complexity index is 562. The van der Waals surface area contributed by atoms with Crippen molar-refractivity contribution in [3.63, 3.8) is 0 Å². The van der Waals surface area contributed by atoms with Gasteiger partial charge in [-0.2, -0.15) is 0 Å². The van der Waals surface area contributed by atoms with Crippen molar-refractivity contribution in [2.45, 2.75) is 194 Å². The van der Waals surface area contributed by atoms with Crippen LogP contribution in [0.5, 0.6) is 0 Å². The monoisotopic (exact) mass is 682 g/mol. The number of rotatable bonds is 32. The Hall–Kier alpha value is 0.392. The maximum Gasteiger partial charge on any atom is 2.00 e. The van der Waals surface area contributed by atoms with Gasteiger partial charge in [-0.05, 0) is 76.5 Å². The van der Waals surface area contributed by atoms with Gasteiger partial charge >= 0.3 is 17.4 Å². The third-order valence-electron chi connectivity index (χ3n) is 7.79. The summed E-state index contributed by atoms with van der Waals surface area (Å²) in [7, 11) is -4.92. The van der Waals surface area contributed by atoms with E-state index in [4.69, 9.17) is 0 Å². The van der Waals surface area contributed by atoms with E-state index in [-0.39, 0.29) is 17.4 Å². The molecule has 0 N–H and O–H groups in total. The number of hydrogen-bond acceptors (Lipinski definition) is 4. The van der Waals surface area contributed by atoms with Gasteiger partial charge in [-0.25, -0.2) is 0 Å². The average molecular weight is 683 g/mol. The van der Waals surface area contributed by atoms with Gasteiger partial charge < -0.3 is 18.9 Å². The minimum absolute atomic E-state index is 0. The Labute approximate surface area is 281 Å². The maximum absolute atomic E-state index is 10.4. The molecule has 0 aliphatic rings. The van der Waals surface area contributed by atoms with Crippen LogP contribution >= 0.6 is 16.1 Å². The first-order valence-electron chi connectivity index (χ1n) is 18.2. The molecule has 0 aliphatic carbocycles. The first-order chi connectivity index (χ1) is 20.5. The van der Waals surface area contributed by atoms with E-state index in [0.717, 1.165) is 25.7 Å². The molecule has 0 saturated heterocycles. The molecule has 0 amide bonds. The van der Waals surface area contributed by atoms with Crippen LogP contribution in [0, 0.1) is 0 Å². The summed E-state index contributed by atoms with van der Waals surface area (Å²) >= 11 is 0. The summed E-state index contributed by atoms with van der Waals surface area (Å²) in [5, 5.41) is 0. The Morgan fingerprint density at radius 2 is 0.581 bits per heavy atom. The quantitative estimate of drug-likeness (QED) is 0.0402. The Morgan fingerprint density at radius 1 is 0.372 bits per heavy atom. The summed E-state index contributed by atoms with van der Waals surface area (Å²) in [5.41, 5.74) is 0. The second kappa shape index (κ2) is 44.5. The smallest absolute Gasteiger partial charge is 0.802 e. The van der Waals surface area contributed by atoms with Crippen molar-refractivity contribution >= 4 is 16.1 Å². The Kier molecular flexibility index (Phi) is 49.5. The van der Waals surface area contributed by atoms with E-state index in [9.17, 15) is 18.9 Å². The molecule has 0 aromatic rings. The van der Waals surface area contributed by atoms with Crippen molar-refractivity contribution in [2.24, 2.45) is 0 Å². The van der Waals surface area contributed by atoms with Gasteiger partial charge in [0.25, 0.3) is 0 Å². The molecular formula is C36H72CrO4P2. The van der Waals surface area contributed by atoms with Gasteiger partial charge in [-0.1, -0.05) is 154 Å². The fourth-order valence-corrected chi connectivity index (χ4v) is 6.11. The summed E-state index contributed by atoms with van der Waals surface area (Å²) < 4.78 is 20.8. The summed E-state index contributed by atoms with van der Waals surface area (Å²) in [4.78, 5) is 20.8. The molecule has 256 valence electrons. The average Bonchev–Trinajstić information content (AvgIpc) is 2.97. The van der Waals surface area contributed by atoms with Gasteiger partial charge in [0, 0.05) is 16.1 Å². The molecule has 0 radical (unpaired) electrons. The topological polar surface area (TPSA) is 80.3 Å². The summed E-state index contributed by atoms with van der Waals surface area (Å²) in [5.74, 6) is 0. The zero-order chi connectivity index (χ0) is 31.2. The van der Waals surface area contributed by atoms with Crippen molar-refractivity contribution in [2.75, 3.05) is 12.3 Å². The molecule has 2 atom stereocenters. The van der Waals surface area contributed by atoms with Crippen molar-refractivity contribution in [1.82, 2.24) is 0 Å². The molecular weight excluding hydrogens is 610 g/mol. The first kappa shape index (κ1) is 47.8. The molecule has 0 rings (SSSR count). The SMILES string of the molecule is CCCCCCCCC=CCCCCCCCC[PH](=O)[O-].CCCCCCCCC=CCCCCCCCC[PH](=O)[O-].[Cr+2]. The fourth-order valence-electron chi connectivity index (χ4n) is 5.03. The van der Waals surface area contributed by atoms with Gasteiger partial charge in [0.2, 0.25) is 0 Å². The second-order valence-corrected chi connectivity index (χ2v) is 14.6. The van der Waals surface area contributed by atoms with Crippen LogP contribution in [0.15, 0.2) is 24.3 Å². The third-order valence-corrected chi connectivity index (χ3v) is 9.31. The van der Waals surface area contributed by atoms with Crippen molar-refractivity contribution in [3.8, 4) is 0 Å². The van der Waals surface area contributed by atoms with E-state index in [2.05, 4.69) is 38.2 Å². The van der Waals surface area contributed by atoms with Crippen LogP contribution in [-0.4, -0.2) is 12.3 Å². The molecule has 0 saturated carbocycles. The first-order valence-corrected chi connectivity index (χ1v) is 21.3. The molecule has 0 fully saturated rings. The maximum atomic E-state index is 10.4. The molecule has 4 nitrogen and oxygen atoms in total. The van der Waals surface area contributed by atoms with E-state index in [1.807, 2.05) is 0 Å².